The number of hydrogen-bond donors (Lipinski definition) is 2. The van der Waals surface area contributed by atoms with Crippen molar-refractivity contribution >= 4 is 29.2 Å². The molecule has 1 atom stereocenters. The summed E-state index contributed by atoms with van der Waals surface area (Å²) in [6.07, 6.45) is 3.93. The van der Waals surface area contributed by atoms with Crippen LogP contribution in [0.25, 0.3) is 0 Å². The minimum absolute atomic E-state index is 0.154. The van der Waals surface area contributed by atoms with E-state index in [1.54, 1.807) is 0 Å². The third-order valence-corrected chi connectivity index (χ3v) is 2.53. The summed E-state index contributed by atoms with van der Waals surface area (Å²) in [7, 11) is 0. The molecule has 1 aromatic carbocycles. The maximum absolute atomic E-state index is 5.02. The van der Waals surface area contributed by atoms with E-state index in [0.29, 0.717) is 4.32 Å². The Morgan fingerprint density at radius 1 is 1.36 bits per heavy atom. The van der Waals surface area contributed by atoms with Crippen molar-refractivity contribution in [3.63, 3.8) is 0 Å². The molecule has 1 N–H and O–H groups in total. The second-order valence-corrected chi connectivity index (χ2v) is 4.11. The van der Waals surface area contributed by atoms with E-state index in [-0.39, 0.29) is 6.04 Å². The highest BCUT2D eigenvalue weighted by Crippen LogP contribution is 2.24. The summed E-state index contributed by atoms with van der Waals surface area (Å²) in [5.74, 6) is 0. The van der Waals surface area contributed by atoms with Crippen LogP contribution in [-0.4, -0.2) is 9.33 Å². The molecular formula is C10H10N2S2. The Morgan fingerprint density at radius 3 is 2.71 bits per heavy atom. The summed E-state index contributed by atoms with van der Waals surface area (Å²) < 4.78 is 0.545. The zero-order chi connectivity index (χ0) is 9.97. The van der Waals surface area contributed by atoms with Gasteiger partial charge >= 0.3 is 0 Å². The van der Waals surface area contributed by atoms with Crippen molar-refractivity contribution in [3.8, 4) is 0 Å². The molecule has 0 spiro atoms. The number of nitrogens with zero attached hydrogens (tertiary/aromatic N) is 1. The van der Waals surface area contributed by atoms with Crippen LogP contribution in [0.1, 0.15) is 11.6 Å². The molecular weight excluding hydrogens is 212 g/mol. The Labute approximate surface area is 94.0 Å². The average Bonchev–Trinajstić information content (AvgIpc) is 2.67. The molecule has 0 bridgehead atoms. The number of nitrogens with one attached hydrogen (secondary N) is 1. The minimum Gasteiger partial charge on any atom is -0.304 e. The largest absolute Gasteiger partial charge is 0.304 e. The fraction of sp³-hybridized carbons (Fsp3) is 0.100. The third-order valence-electron chi connectivity index (χ3n) is 2.12. The molecule has 2 rings (SSSR count). The van der Waals surface area contributed by atoms with Gasteiger partial charge in [0.15, 0.2) is 4.32 Å². The van der Waals surface area contributed by atoms with E-state index in [1.165, 1.54) is 5.56 Å². The maximum atomic E-state index is 5.02. The van der Waals surface area contributed by atoms with E-state index < -0.39 is 0 Å². The molecule has 0 aromatic heterocycles. The zero-order valence-electron chi connectivity index (χ0n) is 7.42. The van der Waals surface area contributed by atoms with Crippen LogP contribution in [-0.2, 0) is 0 Å². The number of benzene rings is 1. The summed E-state index contributed by atoms with van der Waals surface area (Å²) in [6.45, 7) is 0. The maximum Gasteiger partial charge on any atom is 0.152 e. The number of thiocarbonyl (C=S) groups is 1. The lowest BCUT2D eigenvalue weighted by Gasteiger charge is -2.24. The van der Waals surface area contributed by atoms with Gasteiger partial charge in [-0.1, -0.05) is 42.5 Å². The Hall–Kier alpha value is -1.00. The zero-order valence-corrected chi connectivity index (χ0v) is 9.13. The molecule has 4 heteroatoms. The predicted molar refractivity (Wildman–Crippen MR) is 64.9 cm³/mol. The minimum atomic E-state index is 0.154. The van der Waals surface area contributed by atoms with Crippen LogP contribution in [0.2, 0.25) is 0 Å². The van der Waals surface area contributed by atoms with Crippen LogP contribution >= 0.6 is 24.8 Å². The second-order valence-electron chi connectivity index (χ2n) is 3.00. The highest BCUT2D eigenvalue weighted by atomic mass is 32.1. The highest BCUT2D eigenvalue weighted by Gasteiger charge is 2.21. The van der Waals surface area contributed by atoms with E-state index in [1.807, 2.05) is 29.4 Å². The molecule has 1 unspecified atom stereocenters. The molecule has 0 amide bonds. The van der Waals surface area contributed by atoms with E-state index in [2.05, 4.69) is 36.3 Å². The fourth-order valence-electron chi connectivity index (χ4n) is 1.47. The van der Waals surface area contributed by atoms with E-state index >= 15 is 0 Å². The van der Waals surface area contributed by atoms with Gasteiger partial charge in [-0.3, -0.25) is 5.01 Å². The molecule has 1 aliphatic heterocycles. The predicted octanol–water partition coefficient (Wildman–Crippen LogP) is 2.28. The van der Waals surface area contributed by atoms with Gasteiger partial charge in [-0.15, -0.1) is 12.6 Å². The molecule has 72 valence electrons. The summed E-state index contributed by atoms with van der Waals surface area (Å²) in [4.78, 5) is 0. The normalized spacial score (nSPS) is 19.5. The van der Waals surface area contributed by atoms with Gasteiger partial charge in [0.2, 0.25) is 0 Å². The molecule has 1 heterocycles. The van der Waals surface area contributed by atoms with E-state index in [9.17, 15) is 0 Å². The van der Waals surface area contributed by atoms with Crippen molar-refractivity contribution in [2.24, 2.45) is 0 Å². The first-order chi connectivity index (χ1) is 6.79. The topological polar surface area (TPSA) is 15.3 Å². The second kappa shape index (κ2) is 4.02. The quantitative estimate of drug-likeness (QED) is 0.560. The summed E-state index contributed by atoms with van der Waals surface area (Å²) in [5.41, 5.74) is 4.24. The Bertz CT molecular complexity index is 362. The smallest absolute Gasteiger partial charge is 0.152 e. The first-order valence-electron chi connectivity index (χ1n) is 4.29. The molecule has 0 radical (unpaired) electrons. The lowest BCUT2D eigenvalue weighted by Crippen LogP contribution is -2.34. The molecule has 0 saturated heterocycles. The van der Waals surface area contributed by atoms with Crippen LogP contribution < -0.4 is 5.43 Å². The van der Waals surface area contributed by atoms with Crippen LogP contribution in [0.3, 0.4) is 0 Å². The van der Waals surface area contributed by atoms with Gasteiger partial charge in [0.05, 0.1) is 6.04 Å². The van der Waals surface area contributed by atoms with Crippen molar-refractivity contribution in [1.29, 1.82) is 0 Å². The molecule has 0 saturated carbocycles. The standard InChI is InChI=1S/C10H10N2S2/c13-10(14)12-9(6-7-11-12)8-4-2-1-3-5-8/h1-7,9,11H,(H,13,14). The van der Waals surface area contributed by atoms with Crippen LogP contribution in [0, 0.1) is 0 Å². The van der Waals surface area contributed by atoms with Gasteiger partial charge < -0.3 is 5.43 Å². The van der Waals surface area contributed by atoms with Gasteiger partial charge in [-0.25, -0.2) is 0 Å². The Morgan fingerprint density at radius 2 is 2.07 bits per heavy atom. The summed E-state index contributed by atoms with van der Waals surface area (Å²) in [6, 6.07) is 10.3. The van der Waals surface area contributed by atoms with E-state index in [4.69, 9.17) is 12.2 Å². The lowest BCUT2D eigenvalue weighted by molar-refractivity contribution is 0.351. The Kier molecular flexibility index (Phi) is 2.74. The average molecular weight is 222 g/mol. The van der Waals surface area contributed by atoms with Crippen molar-refractivity contribution in [1.82, 2.24) is 10.4 Å². The van der Waals surface area contributed by atoms with Crippen molar-refractivity contribution in [2.45, 2.75) is 6.04 Å². The van der Waals surface area contributed by atoms with Gasteiger partial charge in [0.1, 0.15) is 0 Å². The lowest BCUT2D eigenvalue weighted by atomic mass is 10.1. The highest BCUT2D eigenvalue weighted by molar-refractivity contribution is 8.10. The van der Waals surface area contributed by atoms with Gasteiger partial charge in [0, 0.05) is 6.20 Å². The molecule has 0 aliphatic carbocycles. The third kappa shape index (κ3) is 1.76. The first-order valence-corrected chi connectivity index (χ1v) is 5.14. The van der Waals surface area contributed by atoms with Gasteiger partial charge in [-0.05, 0) is 11.6 Å². The van der Waals surface area contributed by atoms with Crippen LogP contribution in [0.5, 0.6) is 0 Å². The van der Waals surface area contributed by atoms with Crippen molar-refractivity contribution < 1.29 is 0 Å². The molecule has 1 aliphatic rings. The molecule has 2 nitrogen and oxygen atoms in total. The van der Waals surface area contributed by atoms with Crippen molar-refractivity contribution in [2.75, 3.05) is 0 Å². The molecule has 1 aromatic rings. The molecule has 14 heavy (non-hydrogen) atoms. The summed E-state index contributed by atoms with van der Waals surface area (Å²) >= 11 is 9.18. The van der Waals surface area contributed by atoms with Crippen molar-refractivity contribution in [3.05, 3.63) is 48.2 Å². The van der Waals surface area contributed by atoms with Crippen LogP contribution in [0.15, 0.2) is 42.6 Å². The monoisotopic (exact) mass is 222 g/mol. The van der Waals surface area contributed by atoms with Gasteiger partial charge in [0.25, 0.3) is 0 Å². The summed E-state index contributed by atoms with van der Waals surface area (Å²) in [5, 5.41) is 1.84. The SMILES string of the molecule is S=C(S)N1NC=CC1c1ccccc1. The number of thiol groups is 1. The molecule has 0 fully saturated rings. The van der Waals surface area contributed by atoms with Gasteiger partial charge in [-0.2, -0.15) is 0 Å². The van der Waals surface area contributed by atoms with Crippen LogP contribution in [0.4, 0.5) is 0 Å². The number of hydrogen-bond acceptors (Lipinski definition) is 2. The fourth-order valence-corrected chi connectivity index (χ4v) is 1.81. The van der Waals surface area contributed by atoms with E-state index in [0.717, 1.165) is 0 Å². The number of rotatable bonds is 1. The number of hydrazine groups is 1. The first kappa shape index (κ1) is 9.55. The Balaban J connectivity index is 2.26.